The third-order valence-electron chi connectivity index (χ3n) is 3.90. The van der Waals surface area contributed by atoms with Crippen molar-refractivity contribution in [2.45, 2.75) is 26.1 Å². The summed E-state index contributed by atoms with van der Waals surface area (Å²) in [6, 6.07) is 3.54. The number of aromatic nitrogens is 2. The van der Waals surface area contributed by atoms with Gasteiger partial charge in [-0.25, -0.2) is 9.18 Å². The predicted molar refractivity (Wildman–Crippen MR) is 77.9 cm³/mol. The minimum Gasteiger partial charge on any atom is -0.320 e. The zero-order chi connectivity index (χ0) is 17.5. The van der Waals surface area contributed by atoms with Crippen molar-refractivity contribution in [3.63, 3.8) is 0 Å². The van der Waals surface area contributed by atoms with Crippen LogP contribution in [0.4, 0.5) is 28.0 Å². The first kappa shape index (κ1) is 16.3. The van der Waals surface area contributed by atoms with Gasteiger partial charge in [-0.15, -0.1) is 0 Å². The van der Waals surface area contributed by atoms with E-state index in [0.29, 0.717) is 16.9 Å². The molecule has 0 saturated carbocycles. The Morgan fingerprint density at radius 2 is 2.12 bits per heavy atom. The molecule has 24 heavy (non-hydrogen) atoms. The number of urea groups is 1. The number of H-pyrrole nitrogens is 1. The molecule has 0 atom stereocenters. The molecule has 1 aromatic carbocycles. The third kappa shape index (κ3) is 3.06. The van der Waals surface area contributed by atoms with Crippen LogP contribution in [-0.4, -0.2) is 27.7 Å². The molecule has 3 rings (SSSR count). The van der Waals surface area contributed by atoms with E-state index in [1.807, 2.05) is 0 Å². The minimum absolute atomic E-state index is 0.0146. The number of alkyl halides is 3. The predicted octanol–water partition coefficient (Wildman–Crippen LogP) is 3.47. The summed E-state index contributed by atoms with van der Waals surface area (Å²) in [5.74, 6) is -0.399. The number of nitrogens with zero attached hydrogens (tertiary/aromatic N) is 2. The number of aryl methyl sites for hydroxylation is 1. The number of rotatable bonds is 1. The lowest BCUT2D eigenvalue weighted by molar-refractivity contribution is -0.142. The highest BCUT2D eigenvalue weighted by Gasteiger charge is 2.39. The van der Waals surface area contributed by atoms with Gasteiger partial charge in [0.25, 0.3) is 0 Å². The van der Waals surface area contributed by atoms with Crippen molar-refractivity contribution in [3.05, 3.63) is 46.5 Å². The Hall–Kier alpha value is -2.58. The highest BCUT2D eigenvalue weighted by Crippen LogP contribution is 2.34. The fraction of sp³-hybridized carbons (Fsp3) is 0.333. The van der Waals surface area contributed by atoms with Gasteiger partial charge in [-0.1, -0.05) is 0 Å². The molecule has 0 spiro atoms. The maximum atomic E-state index is 13.2. The van der Waals surface area contributed by atoms with Gasteiger partial charge in [-0.3, -0.25) is 5.10 Å². The summed E-state index contributed by atoms with van der Waals surface area (Å²) < 4.78 is 52.0. The number of anilines is 1. The molecule has 2 aromatic rings. The van der Waals surface area contributed by atoms with Crippen LogP contribution < -0.4 is 5.32 Å². The summed E-state index contributed by atoms with van der Waals surface area (Å²) in [6.45, 7) is 1.63. The molecule has 1 aliphatic rings. The van der Waals surface area contributed by atoms with Crippen LogP contribution in [-0.2, 0) is 19.1 Å². The maximum Gasteiger partial charge on any atom is 0.435 e. The molecule has 128 valence electrons. The molecule has 0 saturated heterocycles. The Kier molecular flexibility index (Phi) is 3.94. The first-order chi connectivity index (χ1) is 11.3. The van der Waals surface area contributed by atoms with Crippen molar-refractivity contribution in [2.24, 2.45) is 0 Å². The maximum absolute atomic E-state index is 13.2. The van der Waals surface area contributed by atoms with Crippen LogP contribution in [0.15, 0.2) is 18.2 Å². The topological polar surface area (TPSA) is 61.0 Å². The lowest BCUT2D eigenvalue weighted by Crippen LogP contribution is -2.39. The van der Waals surface area contributed by atoms with Crippen LogP contribution in [0.25, 0.3) is 0 Å². The smallest absolute Gasteiger partial charge is 0.320 e. The number of carbonyl (C=O) groups excluding carboxylic acids is 1. The highest BCUT2D eigenvalue weighted by molar-refractivity contribution is 5.89. The van der Waals surface area contributed by atoms with E-state index < -0.39 is 23.7 Å². The second kappa shape index (κ2) is 5.81. The summed E-state index contributed by atoms with van der Waals surface area (Å²) in [6.07, 6.45) is -4.31. The number of halogens is 4. The van der Waals surface area contributed by atoms with Crippen molar-refractivity contribution in [3.8, 4) is 0 Å². The average Bonchev–Trinajstić information content (AvgIpc) is 2.94. The quantitative estimate of drug-likeness (QED) is 0.780. The normalized spacial score (nSPS) is 14.5. The monoisotopic (exact) mass is 342 g/mol. The van der Waals surface area contributed by atoms with Crippen LogP contribution in [0.5, 0.6) is 0 Å². The van der Waals surface area contributed by atoms with Crippen molar-refractivity contribution in [1.29, 1.82) is 0 Å². The Labute approximate surface area is 134 Å². The molecule has 0 aliphatic carbocycles. The highest BCUT2D eigenvalue weighted by atomic mass is 19.4. The molecule has 0 unspecified atom stereocenters. The van der Waals surface area contributed by atoms with Crippen LogP contribution in [0.1, 0.15) is 22.5 Å². The number of nitrogens with one attached hydrogen (secondary N) is 2. The van der Waals surface area contributed by atoms with E-state index in [2.05, 4.69) is 15.5 Å². The van der Waals surface area contributed by atoms with Crippen LogP contribution in [0, 0.1) is 12.7 Å². The summed E-state index contributed by atoms with van der Waals surface area (Å²) >= 11 is 0. The summed E-state index contributed by atoms with van der Waals surface area (Å²) in [4.78, 5) is 13.5. The first-order valence-electron chi connectivity index (χ1n) is 7.21. The van der Waals surface area contributed by atoms with E-state index in [4.69, 9.17) is 0 Å². The second-order valence-corrected chi connectivity index (χ2v) is 5.59. The number of aromatic amines is 1. The zero-order valence-electron chi connectivity index (χ0n) is 12.7. The Morgan fingerprint density at radius 3 is 2.79 bits per heavy atom. The van der Waals surface area contributed by atoms with E-state index >= 15 is 0 Å². The average molecular weight is 342 g/mol. The summed E-state index contributed by atoms with van der Waals surface area (Å²) in [5, 5.41) is 8.27. The molecule has 0 fully saturated rings. The van der Waals surface area contributed by atoms with Crippen LogP contribution >= 0.6 is 0 Å². The van der Waals surface area contributed by atoms with Crippen molar-refractivity contribution < 1.29 is 22.4 Å². The van der Waals surface area contributed by atoms with E-state index in [1.54, 1.807) is 6.92 Å². The van der Waals surface area contributed by atoms with Gasteiger partial charge >= 0.3 is 12.2 Å². The molecule has 1 aromatic heterocycles. The van der Waals surface area contributed by atoms with E-state index in [0.717, 1.165) is 0 Å². The minimum atomic E-state index is -4.57. The third-order valence-corrected chi connectivity index (χ3v) is 3.90. The SMILES string of the molecule is Cc1cc(NC(=O)N2CCc3[nH]nc(C(F)(F)F)c3C2)ccc1F. The second-order valence-electron chi connectivity index (χ2n) is 5.59. The molecule has 2 N–H and O–H groups in total. The number of fused-ring (bicyclic) bond motifs is 1. The lowest BCUT2D eigenvalue weighted by Gasteiger charge is -2.27. The molecule has 0 radical (unpaired) electrons. The molecule has 5 nitrogen and oxygen atoms in total. The first-order valence-corrected chi connectivity index (χ1v) is 7.21. The Morgan fingerprint density at radius 1 is 1.38 bits per heavy atom. The van der Waals surface area contributed by atoms with Gasteiger partial charge in [0.2, 0.25) is 0 Å². The van der Waals surface area contributed by atoms with Crippen LogP contribution in [0.2, 0.25) is 0 Å². The molecule has 2 heterocycles. The Balaban J connectivity index is 1.76. The van der Waals surface area contributed by atoms with Crippen LogP contribution in [0.3, 0.4) is 0 Å². The van der Waals surface area contributed by atoms with E-state index in [-0.39, 0.29) is 25.1 Å². The molecule has 9 heteroatoms. The van der Waals surface area contributed by atoms with E-state index in [9.17, 15) is 22.4 Å². The standard InChI is InChI=1S/C15H14F4N4O/c1-8-6-9(2-3-11(8)16)20-14(24)23-5-4-12-10(7-23)13(22-21-12)15(17,18)19/h2-3,6H,4-5,7H2,1H3,(H,20,24)(H,21,22). The molecule has 2 amide bonds. The number of hydrogen-bond acceptors (Lipinski definition) is 2. The van der Waals surface area contributed by atoms with Gasteiger partial charge < -0.3 is 10.2 Å². The number of carbonyl (C=O) groups is 1. The molecular weight excluding hydrogens is 328 g/mol. The molecule has 1 aliphatic heterocycles. The van der Waals surface area contributed by atoms with Gasteiger partial charge in [-0.05, 0) is 30.7 Å². The summed E-state index contributed by atoms with van der Waals surface area (Å²) in [7, 11) is 0. The Bertz CT molecular complexity index is 784. The van der Waals surface area contributed by atoms with Gasteiger partial charge in [0.1, 0.15) is 5.82 Å². The molecule has 0 bridgehead atoms. The van der Waals surface area contributed by atoms with Gasteiger partial charge in [-0.2, -0.15) is 18.3 Å². The number of amides is 2. The lowest BCUT2D eigenvalue weighted by atomic mass is 10.1. The molecular formula is C15H14F4N4O. The van der Waals surface area contributed by atoms with E-state index in [1.165, 1.54) is 23.1 Å². The van der Waals surface area contributed by atoms with Crippen molar-refractivity contribution in [1.82, 2.24) is 15.1 Å². The van der Waals surface area contributed by atoms with Gasteiger partial charge in [0, 0.05) is 29.9 Å². The summed E-state index contributed by atoms with van der Waals surface area (Å²) in [5.41, 5.74) is 0.131. The van der Waals surface area contributed by atoms with Gasteiger partial charge in [0.05, 0.1) is 6.54 Å². The van der Waals surface area contributed by atoms with Gasteiger partial charge in [0.15, 0.2) is 5.69 Å². The number of hydrogen-bond donors (Lipinski definition) is 2. The van der Waals surface area contributed by atoms with Crippen molar-refractivity contribution in [2.75, 3.05) is 11.9 Å². The fourth-order valence-electron chi connectivity index (χ4n) is 2.63. The zero-order valence-corrected chi connectivity index (χ0v) is 12.7. The fourth-order valence-corrected chi connectivity index (χ4v) is 2.63. The largest absolute Gasteiger partial charge is 0.435 e. The number of benzene rings is 1. The van der Waals surface area contributed by atoms with Crippen molar-refractivity contribution >= 4 is 11.7 Å².